The highest BCUT2D eigenvalue weighted by molar-refractivity contribution is 6.04. The molecule has 1 aromatic carbocycles. The Morgan fingerprint density at radius 1 is 1.41 bits per heavy atom. The second-order valence-electron chi connectivity index (χ2n) is 3.35. The predicted molar refractivity (Wildman–Crippen MR) is 50.1 cm³/mol. The van der Waals surface area contributed by atoms with Crippen LogP contribution < -0.4 is 10.1 Å². The van der Waals surface area contributed by atoms with Gasteiger partial charge in [0.05, 0.1) is 6.07 Å². The van der Waals surface area contributed by atoms with Crippen LogP contribution in [0.15, 0.2) is 18.2 Å². The fourth-order valence-electron chi connectivity index (χ4n) is 1.56. The molecular weight excluding hydrogens is 237 g/mol. The van der Waals surface area contributed by atoms with E-state index >= 15 is 0 Å². The molecule has 1 heterocycles. The van der Waals surface area contributed by atoms with E-state index in [2.05, 4.69) is 10.1 Å². The van der Waals surface area contributed by atoms with Crippen molar-refractivity contribution in [2.75, 3.05) is 5.32 Å². The molecule has 0 radical (unpaired) electrons. The quantitative estimate of drug-likeness (QED) is 0.820. The summed E-state index contributed by atoms with van der Waals surface area (Å²) in [5, 5.41) is 11.1. The van der Waals surface area contributed by atoms with Crippen LogP contribution in [-0.2, 0) is 4.79 Å². The second-order valence-corrected chi connectivity index (χ2v) is 3.35. The molecule has 7 heteroatoms. The number of ether oxygens (including phenoxy) is 1. The highest BCUT2D eigenvalue weighted by Crippen LogP contribution is 2.36. The van der Waals surface area contributed by atoms with Gasteiger partial charge in [-0.25, -0.2) is 0 Å². The van der Waals surface area contributed by atoms with Crippen molar-refractivity contribution in [1.29, 1.82) is 5.26 Å². The van der Waals surface area contributed by atoms with Gasteiger partial charge in [0.25, 0.3) is 0 Å². The van der Waals surface area contributed by atoms with Crippen LogP contribution in [0.2, 0.25) is 0 Å². The van der Waals surface area contributed by atoms with Crippen molar-refractivity contribution >= 4 is 11.6 Å². The Morgan fingerprint density at radius 2 is 2.12 bits per heavy atom. The number of halogens is 3. The summed E-state index contributed by atoms with van der Waals surface area (Å²) in [4.78, 5) is 11.3. The number of amides is 1. The van der Waals surface area contributed by atoms with Gasteiger partial charge in [-0.05, 0) is 18.2 Å². The van der Waals surface area contributed by atoms with Gasteiger partial charge >= 0.3 is 6.36 Å². The summed E-state index contributed by atoms with van der Waals surface area (Å²) in [5.74, 6) is -2.10. The maximum Gasteiger partial charge on any atom is 0.573 e. The number of nitrogens with one attached hydrogen (secondary N) is 1. The normalized spacial score (nSPS) is 18.2. The molecule has 1 aromatic rings. The lowest BCUT2D eigenvalue weighted by Crippen LogP contribution is -2.17. The Labute approximate surface area is 93.6 Å². The molecule has 1 unspecified atom stereocenters. The lowest BCUT2D eigenvalue weighted by Gasteiger charge is -2.09. The van der Waals surface area contributed by atoms with Gasteiger partial charge in [0.2, 0.25) is 5.91 Å². The first-order valence-electron chi connectivity index (χ1n) is 4.51. The highest BCUT2D eigenvalue weighted by Gasteiger charge is 2.34. The van der Waals surface area contributed by atoms with Gasteiger partial charge in [0.15, 0.2) is 5.92 Å². The van der Waals surface area contributed by atoms with Crippen molar-refractivity contribution in [3.63, 3.8) is 0 Å². The van der Waals surface area contributed by atoms with Crippen molar-refractivity contribution < 1.29 is 22.7 Å². The zero-order valence-corrected chi connectivity index (χ0v) is 8.21. The Kier molecular flexibility index (Phi) is 2.42. The minimum atomic E-state index is -4.80. The van der Waals surface area contributed by atoms with Crippen molar-refractivity contribution in [2.45, 2.75) is 12.3 Å². The van der Waals surface area contributed by atoms with Crippen LogP contribution in [0.3, 0.4) is 0 Å². The maximum absolute atomic E-state index is 12.0. The zero-order chi connectivity index (χ0) is 12.6. The summed E-state index contributed by atoms with van der Waals surface area (Å²) in [5.41, 5.74) is 0.523. The fourth-order valence-corrected chi connectivity index (χ4v) is 1.56. The van der Waals surface area contributed by atoms with E-state index in [1.54, 1.807) is 6.07 Å². The lowest BCUT2D eigenvalue weighted by molar-refractivity contribution is -0.274. The van der Waals surface area contributed by atoms with Crippen LogP contribution in [0, 0.1) is 11.3 Å². The largest absolute Gasteiger partial charge is 0.573 e. The summed E-state index contributed by atoms with van der Waals surface area (Å²) in [7, 11) is 0. The van der Waals surface area contributed by atoms with Crippen LogP contribution in [0.1, 0.15) is 11.5 Å². The van der Waals surface area contributed by atoms with Gasteiger partial charge in [-0.2, -0.15) is 5.26 Å². The van der Waals surface area contributed by atoms with Crippen LogP contribution in [-0.4, -0.2) is 12.3 Å². The number of alkyl halides is 3. The number of fused-ring (bicyclic) bond motifs is 1. The molecule has 0 aliphatic carbocycles. The Balaban J connectivity index is 2.36. The van der Waals surface area contributed by atoms with Crippen LogP contribution in [0.4, 0.5) is 18.9 Å². The first kappa shape index (κ1) is 11.3. The predicted octanol–water partition coefficient (Wildman–Crippen LogP) is 2.14. The first-order valence-corrected chi connectivity index (χ1v) is 4.51. The molecule has 0 aromatic heterocycles. The Hall–Kier alpha value is -2.23. The van der Waals surface area contributed by atoms with Crippen molar-refractivity contribution in [3.05, 3.63) is 23.8 Å². The summed E-state index contributed by atoms with van der Waals surface area (Å²) in [6.45, 7) is 0. The number of hydrogen-bond acceptors (Lipinski definition) is 3. The standard InChI is InChI=1S/C10H5F3N2O2/c11-10(12,13)17-5-1-2-8-6(3-5)7(4-14)9(16)15-8/h1-3,7H,(H,15,16). The molecule has 88 valence electrons. The third kappa shape index (κ3) is 2.15. The summed E-state index contributed by atoms with van der Waals surface area (Å²) < 4.78 is 39.6. The lowest BCUT2D eigenvalue weighted by atomic mass is 10.0. The van der Waals surface area contributed by atoms with E-state index in [0.717, 1.165) is 12.1 Å². The maximum atomic E-state index is 12.0. The van der Waals surface area contributed by atoms with E-state index in [4.69, 9.17) is 5.26 Å². The molecule has 0 saturated carbocycles. The van der Waals surface area contributed by atoms with Crippen molar-refractivity contribution in [1.82, 2.24) is 0 Å². The number of nitriles is 1. The van der Waals surface area contributed by atoms with Gasteiger partial charge in [0, 0.05) is 11.3 Å². The van der Waals surface area contributed by atoms with E-state index in [-0.39, 0.29) is 5.56 Å². The monoisotopic (exact) mass is 242 g/mol. The number of carbonyl (C=O) groups excluding carboxylic acids is 1. The Morgan fingerprint density at radius 3 is 2.71 bits per heavy atom. The third-order valence-corrected chi connectivity index (χ3v) is 2.22. The topological polar surface area (TPSA) is 62.1 Å². The molecule has 0 saturated heterocycles. The van der Waals surface area contributed by atoms with Gasteiger partial charge in [-0.15, -0.1) is 13.2 Å². The van der Waals surface area contributed by atoms with Gasteiger partial charge < -0.3 is 10.1 Å². The molecule has 2 rings (SSSR count). The molecular formula is C10H5F3N2O2. The minimum absolute atomic E-state index is 0.194. The first-order chi connectivity index (χ1) is 7.90. The number of benzene rings is 1. The molecule has 0 spiro atoms. The fraction of sp³-hybridized carbons (Fsp3) is 0.200. The van der Waals surface area contributed by atoms with E-state index in [0.29, 0.717) is 5.69 Å². The van der Waals surface area contributed by atoms with E-state index in [9.17, 15) is 18.0 Å². The molecule has 1 atom stereocenters. The molecule has 17 heavy (non-hydrogen) atoms. The Bertz CT molecular complexity index is 519. The highest BCUT2D eigenvalue weighted by atomic mass is 19.4. The van der Waals surface area contributed by atoms with E-state index in [1.807, 2.05) is 0 Å². The average molecular weight is 242 g/mol. The molecule has 1 amide bonds. The number of carbonyl (C=O) groups is 1. The molecule has 1 aliphatic heterocycles. The molecule has 1 aliphatic rings. The average Bonchev–Trinajstić information content (AvgIpc) is 2.50. The van der Waals surface area contributed by atoms with E-state index < -0.39 is 23.9 Å². The summed E-state index contributed by atoms with van der Waals surface area (Å²) in [6.07, 6.45) is -4.80. The second kappa shape index (κ2) is 3.66. The molecule has 1 N–H and O–H groups in total. The minimum Gasteiger partial charge on any atom is -0.406 e. The van der Waals surface area contributed by atoms with Crippen LogP contribution in [0.25, 0.3) is 0 Å². The van der Waals surface area contributed by atoms with Crippen molar-refractivity contribution in [3.8, 4) is 11.8 Å². The smallest absolute Gasteiger partial charge is 0.406 e. The molecule has 0 fully saturated rings. The van der Waals surface area contributed by atoms with Crippen molar-refractivity contribution in [2.24, 2.45) is 0 Å². The SMILES string of the molecule is N#CC1C(=O)Nc2ccc(OC(F)(F)F)cc21. The van der Waals surface area contributed by atoms with E-state index in [1.165, 1.54) is 6.07 Å². The van der Waals surface area contributed by atoms with Crippen LogP contribution in [0.5, 0.6) is 5.75 Å². The van der Waals surface area contributed by atoms with Gasteiger partial charge in [-0.3, -0.25) is 4.79 Å². The zero-order valence-electron chi connectivity index (χ0n) is 8.21. The number of rotatable bonds is 1. The molecule has 0 bridgehead atoms. The van der Waals surface area contributed by atoms with Gasteiger partial charge in [-0.1, -0.05) is 0 Å². The number of hydrogen-bond donors (Lipinski definition) is 1. The summed E-state index contributed by atoms with van der Waals surface area (Å²) in [6, 6.07) is 5.09. The molecule has 4 nitrogen and oxygen atoms in total. The number of nitrogens with zero attached hydrogens (tertiary/aromatic N) is 1. The number of anilines is 1. The summed E-state index contributed by atoms with van der Waals surface area (Å²) >= 11 is 0. The van der Waals surface area contributed by atoms with Gasteiger partial charge in [0.1, 0.15) is 5.75 Å². The van der Waals surface area contributed by atoms with Crippen LogP contribution >= 0.6 is 0 Å². The third-order valence-electron chi connectivity index (χ3n) is 2.22.